The second-order valence-electron chi connectivity index (χ2n) is 8.57. The van der Waals surface area contributed by atoms with Crippen LogP contribution in [0.5, 0.6) is 5.75 Å². The quantitative estimate of drug-likeness (QED) is 0.814. The van der Waals surface area contributed by atoms with Crippen molar-refractivity contribution in [1.82, 2.24) is 0 Å². The fourth-order valence-electron chi connectivity index (χ4n) is 3.33. The summed E-state index contributed by atoms with van der Waals surface area (Å²) in [6, 6.07) is 13.8. The van der Waals surface area contributed by atoms with Crippen LogP contribution in [-0.2, 0) is 21.4 Å². The number of amides is 2. The van der Waals surface area contributed by atoms with Gasteiger partial charge in [-0.25, -0.2) is 0 Å². The first-order valence-corrected chi connectivity index (χ1v) is 9.84. The Morgan fingerprint density at radius 3 is 2.48 bits per heavy atom. The number of likely N-dealkylation sites (N-methyl/N-ethyl adjacent to an activating group) is 1. The van der Waals surface area contributed by atoms with Crippen molar-refractivity contribution >= 4 is 23.2 Å². The Hall–Kier alpha value is -3.02. The zero-order valence-corrected chi connectivity index (χ0v) is 17.5. The minimum Gasteiger partial charge on any atom is -0.477 e. The van der Waals surface area contributed by atoms with Gasteiger partial charge in [-0.15, -0.1) is 0 Å². The molecule has 6 heteroatoms. The highest BCUT2D eigenvalue weighted by Gasteiger charge is 2.27. The fourth-order valence-corrected chi connectivity index (χ4v) is 3.33. The van der Waals surface area contributed by atoms with E-state index in [9.17, 15) is 9.59 Å². The zero-order valence-electron chi connectivity index (χ0n) is 17.5. The Morgan fingerprint density at radius 1 is 1.17 bits per heavy atom. The average Bonchev–Trinajstić information content (AvgIpc) is 2.66. The summed E-state index contributed by atoms with van der Waals surface area (Å²) in [5, 5.41) is 2.94. The van der Waals surface area contributed by atoms with Crippen LogP contribution in [0.25, 0.3) is 0 Å². The molecule has 3 rings (SSSR count). The van der Waals surface area contributed by atoms with Crippen molar-refractivity contribution in [2.24, 2.45) is 5.73 Å². The van der Waals surface area contributed by atoms with E-state index in [0.29, 0.717) is 30.8 Å². The lowest BCUT2D eigenvalue weighted by Gasteiger charge is -2.32. The summed E-state index contributed by atoms with van der Waals surface area (Å²) in [5.74, 6) is 0.0501. The lowest BCUT2D eigenvalue weighted by Crippen LogP contribution is -2.45. The number of primary amides is 1. The van der Waals surface area contributed by atoms with E-state index in [4.69, 9.17) is 10.5 Å². The van der Waals surface area contributed by atoms with Gasteiger partial charge in [-0.05, 0) is 41.2 Å². The van der Waals surface area contributed by atoms with Crippen molar-refractivity contribution in [3.8, 4) is 5.75 Å². The number of carbonyl (C=O) groups is 2. The number of carbonyl (C=O) groups excluding carboxylic acids is 2. The van der Waals surface area contributed by atoms with E-state index in [0.717, 1.165) is 11.3 Å². The number of anilines is 2. The van der Waals surface area contributed by atoms with Crippen LogP contribution in [0.2, 0.25) is 0 Å². The third kappa shape index (κ3) is 5.08. The molecule has 2 aromatic carbocycles. The van der Waals surface area contributed by atoms with E-state index in [2.05, 4.69) is 50.4 Å². The average molecular weight is 396 g/mol. The van der Waals surface area contributed by atoms with Gasteiger partial charge in [0, 0.05) is 19.2 Å². The molecule has 0 saturated carbocycles. The van der Waals surface area contributed by atoms with Crippen molar-refractivity contribution in [3.05, 3.63) is 53.6 Å². The number of rotatable bonds is 5. The van der Waals surface area contributed by atoms with Gasteiger partial charge < -0.3 is 20.7 Å². The van der Waals surface area contributed by atoms with Gasteiger partial charge in [0.1, 0.15) is 5.75 Å². The molecule has 0 radical (unpaired) electrons. The van der Waals surface area contributed by atoms with Crippen LogP contribution in [0.4, 0.5) is 11.4 Å². The number of nitrogens with zero attached hydrogens (tertiary/aromatic N) is 1. The maximum atomic E-state index is 12.4. The minimum absolute atomic E-state index is 0.0424. The largest absolute Gasteiger partial charge is 0.477 e. The number of fused-ring (bicyclic) bond motifs is 1. The van der Waals surface area contributed by atoms with Crippen molar-refractivity contribution in [2.45, 2.75) is 45.1 Å². The molecule has 0 saturated heterocycles. The minimum atomic E-state index is -0.669. The predicted molar refractivity (Wildman–Crippen MR) is 115 cm³/mol. The van der Waals surface area contributed by atoms with E-state index in [1.54, 1.807) is 12.1 Å². The second kappa shape index (κ2) is 8.15. The first-order valence-electron chi connectivity index (χ1n) is 9.84. The second-order valence-corrected chi connectivity index (χ2v) is 8.57. The lowest BCUT2D eigenvalue weighted by molar-refractivity contribution is -0.124. The van der Waals surface area contributed by atoms with Gasteiger partial charge >= 0.3 is 0 Å². The van der Waals surface area contributed by atoms with E-state index in [1.165, 1.54) is 5.56 Å². The highest BCUT2D eigenvalue weighted by Crippen LogP contribution is 2.35. The molecule has 1 aliphatic heterocycles. The third-order valence-corrected chi connectivity index (χ3v) is 5.14. The van der Waals surface area contributed by atoms with E-state index in [1.807, 2.05) is 18.0 Å². The molecule has 154 valence electrons. The Kier molecular flexibility index (Phi) is 5.82. The highest BCUT2D eigenvalue weighted by molar-refractivity contribution is 5.92. The third-order valence-electron chi connectivity index (χ3n) is 5.14. The van der Waals surface area contributed by atoms with Crippen LogP contribution in [0.3, 0.4) is 0 Å². The summed E-state index contributed by atoms with van der Waals surface area (Å²) in [7, 11) is 1.87. The topological polar surface area (TPSA) is 84.7 Å². The SMILES string of the molecule is CN1CC(C(N)=O)Oc2ccc(NC(=O)CCc3ccc(C(C)(C)C)cc3)cc21. The van der Waals surface area contributed by atoms with Crippen LogP contribution in [0, 0.1) is 0 Å². The Morgan fingerprint density at radius 2 is 1.86 bits per heavy atom. The number of nitrogens with one attached hydrogen (secondary N) is 1. The molecular weight excluding hydrogens is 366 g/mol. The van der Waals surface area contributed by atoms with Crippen LogP contribution >= 0.6 is 0 Å². The van der Waals surface area contributed by atoms with E-state index < -0.39 is 12.0 Å². The summed E-state index contributed by atoms with van der Waals surface area (Å²) >= 11 is 0. The molecule has 0 spiro atoms. The van der Waals surface area contributed by atoms with Crippen LogP contribution in [0.1, 0.15) is 38.3 Å². The number of aryl methyl sites for hydroxylation is 1. The van der Waals surface area contributed by atoms with Gasteiger partial charge in [-0.3, -0.25) is 9.59 Å². The summed E-state index contributed by atoms with van der Waals surface area (Å²) < 4.78 is 5.63. The molecule has 0 aromatic heterocycles. The maximum absolute atomic E-state index is 12.4. The van der Waals surface area contributed by atoms with Crippen molar-refractivity contribution < 1.29 is 14.3 Å². The molecule has 1 aliphatic rings. The predicted octanol–water partition coefficient (Wildman–Crippen LogP) is 3.24. The molecule has 0 bridgehead atoms. The van der Waals surface area contributed by atoms with Gasteiger partial charge in [0.2, 0.25) is 5.91 Å². The summed E-state index contributed by atoms with van der Waals surface area (Å²) in [4.78, 5) is 25.7. The number of benzene rings is 2. The normalized spacial score (nSPS) is 16.0. The first-order chi connectivity index (χ1) is 13.6. The van der Waals surface area contributed by atoms with Gasteiger partial charge in [0.15, 0.2) is 6.10 Å². The fraction of sp³-hybridized carbons (Fsp3) is 0.391. The molecule has 1 unspecified atom stereocenters. The van der Waals surface area contributed by atoms with Crippen molar-refractivity contribution in [3.63, 3.8) is 0 Å². The standard InChI is InChI=1S/C23H29N3O3/c1-23(2,3)16-8-5-15(6-9-16)7-12-21(27)25-17-10-11-19-18(13-17)26(4)14-20(29-19)22(24)28/h5-6,8-11,13,20H,7,12,14H2,1-4H3,(H2,24,28)(H,25,27). The van der Waals surface area contributed by atoms with E-state index >= 15 is 0 Å². The Balaban J connectivity index is 1.59. The van der Waals surface area contributed by atoms with Crippen molar-refractivity contribution in [1.29, 1.82) is 0 Å². The van der Waals surface area contributed by atoms with Gasteiger partial charge in [0.25, 0.3) is 5.91 Å². The smallest absolute Gasteiger partial charge is 0.260 e. The monoisotopic (exact) mass is 395 g/mol. The molecule has 29 heavy (non-hydrogen) atoms. The molecular formula is C23H29N3O3. The lowest BCUT2D eigenvalue weighted by atomic mass is 9.86. The number of hydrogen-bond donors (Lipinski definition) is 2. The van der Waals surface area contributed by atoms with Crippen LogP contribution < -0.4 is 20.7 Å². The highest BCUT2D eigenvalue weighted by atomic mass is 16.5. The molecule has 0 fully saturated rings. The Labute approximate surface area is 172 Å². The molecule has 1 atom stereocenters. The van der Waals surface area contributed by atoms with Gasteiger partial charge in [-0.2, -0.15) is 0 Å². The number of hydrogen-bond acceptors (Lipinski definition) is 4. The number of ether oxygens (including phenoxy) is 1. The summed E-state index contributed by atoms with van der Waals surface area (Å²) in [6.45, 7) is 6.93. The van der Waals surface area contributed by atoms with Crippen LogP contribution in [-0.4, -0.2) is 31.5 Å². The van der Waals surface area contributed by atoms with Gasteiger partial charge in [-0.1, -0.05) is 45.0 Å². The zero-order chi connectivity index (χ0) is 21.2. The Bertz CT molecular complexity index is 901. The molecule has 2 aromatic rings. The number of nitrogens with two attached hydrogens (primary N) is 1. The van der Waals surface area contributed by atoms with Crippen molar-refractivity contribution in [2.75, 3.05) is 23.8 Å². The van der Waals surface area contributed by atoms with Crippen LogP contribution in [0.15, 0.2) is 42.5 Å². The summed E-state index contributed by atoms with van der Waals surface area (Å²) in [6.07, 6.45) is 0.421. The van der Waals surface area contributed by atoms with Gasteiger partial charge in [0.05, 0.1) is 12.2 Å². The summed E-state index contributed by atoms with van der Waals surface area (Å²) in [5.41, 5.74) is 9.41. The maximum Gasteiger partial charge on any atom is 0.260 e. The molecule has 0 aliphatic carbocycles. The first kappa shape index (κ1) is 20.7. The molecule has 2 amide bonds. The molecule has 3 N–H and O–H groups in total. The molecule has 6 nitrogen and oxygen atoms in total. The van der Waals surface area contributed by atoms with E-state index in [-0.39, 0.29) is 11.3 Å². The molecule has 1 heterocycles.